The minimum atomic E-state index is -4.46. The second kappa shape index (κ2) is 10.6. The lowest BCUT2D eigenvalue weighted by Crippen LogP contribution is -2.39. The number of ether oxygens (including phenoxy) is 3. The summed E-state index contributed by atoms with van der Waals surface area (Å²) in [4.78, 5) is 19.5. The fraction of sp³-hybridized carbons (Fsp3) is 0.391. The Kier molecular flexibility index (Phi) is 7.80. The number of halogens is 3. The average molecular weight is 466 g/mol. The van der Waals surface area contributed by atoms with Crippen LogP contribution >= 0.6 is 0 Å². The molecule has 0 saturated heterocycles. The molecule has 1 amide bonds. The summed E-state index contributed by atoms with van der Waals surface area (Å²) < 4.78 is 54.7. The van der Waals surface area contributed by atoms with Crippen molar-refractivity contribution in [2.24, 2.45) is 5.16 Å². The minimum absolute atomic E-state index is 0.0162. The molecule has 1 aliphatic rings. The van der Waals surface area contributed by atoms with Gasteiger partial charge in [0.1, 0.15) is 6.61 Å². The van der Waals surface area contributed by atoms with Crippen LogP contribution in [0.25, 0.3) is 0 Å². The number of oxime groups is 1. The molecule has 0 radical (unpaired) electrons. The Labute approximate surface area is 189 Å². The van der Waals surface area contributed by atoms with Crippen LogP contribution in [0.15, 0.2) is 47.6 Å². The summed E-state index contributed by atoms with van der Waals surface area (Å²) in [5, 5.41) is 4.13. The number of nitrogens with zero attached hydrogens (tertiary/aromatic N) is 2. The Bertz CT molecular complexity index is 1010. The number of benzene rings is 2. The minimum Gasteiger partial charge on any atom is -0.493 e. The molecule has 10 heteroatoms. The second-order valence-electron chi connectivity index (χ2n) is 7.44. The van der Waals surface area contributed by atoms with Gasteiger partial charge in [-0.05, 0) is 35.9 Å². The number of rotatable bonds is 9. The van der Waals surface area contributed by atoms with E-state index in [-0.39, 0.29) is 25.6 Å². The van der Waals surface area contributed by atoms with E-state index in [1.807, 2.05) is 6.07 Å². The lowest BCUT2D eigenvalue weighted by Gasteiger charge is -2.25. The van der Waals surface area contributed by atoms with Gasteiger partial charge in [-0.1, -0.05) is 17.3 Å². The first kappa shape index (κ1) is 24.4. The van der Waals surface area contributed by atoms with Crippen molar-refractivity contribution in [1.82, 2.24) is 4.90 Å². The van der Waals surface area contributed by atoms with Gasteiger partial charge in [-0.15, -0.1) is 0 Å². The Morgan fingerprint density at radius 1 is 1.12 bits per heavy atom. The fourth-order valence-corrected chi connectivity index (χ4v) is 3.49. The van der Waals surface area contributed by atoms with E-state index in [9.17, 15) is 18.0 Å². The van der Waals surface area contributed by atoms with Crippen molar-refractivity contribution in [3.63, 3.8) is 0 Å². The maximum absolute atomic E-state index is 13.1. The van der Waals surface area contributed by atoms with Crippen LogP contribution in [0.2, 0.25) is 0 Å². The third-order valence-corrected chi connectivity index (χ3v) is 5.12. The molecule has 33 heavy (non-hydrogen) atoms. The van der Waals surface area contributed by atoms with Crippen molar-refractivity contribution in [3.05, 3.63) is 59.2 Å². The zero-order chi connectivity index (χ0) is 24.0. The molecule has 3 rings (SSSR count). The van der Waals surface area contributed by atoms with Crippen LogP contribution in [0, 0.1) is 0 Å². The van der Waals surface area contributed by atoms with Gasteiger partial charge in [0.2, 0.25) is 5.91 Å². The maximum atomic E-state index is 13.1. The predicted molar refractivity (Wildman–Crippen MR) is 114 cm³/mol. The van der Waals surface area contributed by atoms with E-state index < -0.39 is 17.8 Å². The summed E-state index contributed by atoms with van der Waals surface area (Å²) in [6, 6.07) is 10.3. The number of alkyl halides is 3. The van der Waals surface area contributed by atoms with Gasteiger partial charge in [0, 0.05) is 25.6 Å². The van der Waals surface area contributed by atoms with E-state index >= 15 is 0 Å². The molecule has 0 unspecified atom stereocenters. The van der Waals surface area contributed by atoms with Crippen molar-refractivity contribution in [3.8, 4) is 11.5 Å². The summed E-state index contributed by atoms with van der Waals surface area (Å²) in [6.07, 6.45) is -4.51. The topological polar surface area (TPSA) is 69.6 Å². The van der Waals surface area contributed by atoms with Crippen LogP contribution in [0.5, 0.6) is 11.5 Å². The zero-order valence-corrected chi connectivity index (χ0v) is 18.5. The molecule has 178 valence electrons. The Morgan fingerprint density at radius 2 is 1.88 bits per heavy atom. The first-order valence-electron chi connectivity index (χ1n) is 10.1. The standard InChI is InChI=1S/C23H25F3N2O5/c1-30-14-22(29)28(12-15-5-4-6-17(9-15)23(24,25)26)13-18-11-19(27-33-18)16-7-8-20(31-2)21(10-16)32-3/h4-10,18H,11-14H2,1-3H3/t18-/m1/s1. The van der Waals surface area contributed by atoms with Crippen LogP contribution < -0.4 is 9.47 Å². The summed E-state index contributed by atoms with van der Waals surface area (Å²) in [5.74, 6) is 0.760. The van der Waals surface area contributed by atoms with Gasteiger partial charge in [-0.2, -0.15) is 13.2 Å². The van der Waals surface area contributed by atoms with Gasteiger partial charge in [0.25, 0.3) is 0 Å². The molecule has 0 aliphatic carbocycles. The van der Waals surface area contributed by atoms with Gasteiger partial charge in [0.15, 0.2) is 17.6 Å². The monoisotopic (exact) mass is 466 g/mol. The highest BCUT2D eigenvalue weighted by atomic mass is 19.4. The number of methoxy groups -OCH3 is 3. The second-order valence-corrected chi connectivity index (χ2v) is 7.44. The SMILES string of the molecule is COCC(=O)N(Cc1cccc(C(F)(F)F)c1)C[C@H]1CC(c2ccc(OC)c(OC)c2)=NO1. The number of hydrogen-bond acceptors (Lipinski definition) is 6. The Hall–Kier alpha value is -3.27. The highest BCUT2D eigenvalue weighted by Gasteiger charge is 2.31. The van der Waals surface area contributed by atoms with Crippen LogP contribution in [0.4, 0.5) is 13.2 Å². The summed E-state index contributed by atoms with van der Waals surface area (Å²) >= 11 is 0. The molecule has 7 nitrogen and oxygen atoms in total. The van der Waals surface area contributed by atoms with E-state index in [0.29, 0.717) is 29.2 Å². The van der Waals surface area contributed by atoms with Gasteiger partial charge >= 0.3 is 6.18 Å². The maximum Gasteiger partial charge on any atom is 0.416 e. The predicted octanol–water partition coefficient (Wildman–Crippen LogP) is 3.89. The van der Waals surface area contributed by atoms with Crippen LogP contribution in [0.3, 0.4) is 0 Å². The molecule has 0 N–H and O–H groups in total. The molecular weight excluding hydrogens is 441 g/mol. The molecular formula is C23H25F3N2O5. The lowest BCUT2D eigenvalue weighted by atomic mass is 10.0. The van der Waals surface area contributed by atoms with E-state index in [1.54, 1.807) is 25.3 Å². The largest absolute Gasteiger partial charge is 0.493 e. The molecule has 0 bridgehead atoms. The van der Waals surface area contributed by atoms with Crippen molar-refractivity contribution in [1.29, 1.82) is 0 Å². The zero-order valence-electron chi connectivity index (χ0n) is 18.5. The Balaban J connectivity index is 1.71. The molecule has 2 aromatic carbocycles. The molecule has 2 aromatic rings. The van der Waals surface area contributed by atoms with E-state index in [4.69, 9.17) is 19.0 Å². The smallest absolute Gasteiger partial charge is 0.416 e. The quantitative estimate of drug-likeness (QED) is 0.561. The normalized spacial score (nSPS) is 15.6. The summed E-state index contributed by atoms with van der Waals surface area (Å²) in [6.45, 7) is -0.0779. The molecule has 0 fully saturated rings. The van der Waals surface area contributed by atoms with Crippen molar-refractivity contribution >= 4 is 11.6 Å². The highest BCUT2D eigenvalue weighted by Crippen LogP contribution is 2.31. The van der Waals surface area contributed by atoms with Crippen molar-refractivity contribution in [2.45, 2.75) is 25.2 Å². The lowest BCUT2D eigenvalue weighted by molar-refractivity contribution is -0.137. The van der Waals surface area contributed by atoms with E-state index in [1.165, 1.54) is 25.2 Å². The van der Waals surface area contributed by atoms with Gasteiger partial charge in [-0.25, -0.2) is 0 Å². The molecule has 1 aliphatic heterocycles. The summed E-state index contributed by atoms with van der Waals surface area (Å²) in [7, 11) is 4.45. The summed E-state index contributed by atoms with van der Waals surface area (Å²) in [5.41, 5.74) is 1.03. The first-order chi connectivity index (χ1) is 15.7. The van der Waals surface area contributed by atoms with Crippen LogP contribution in [-0.4, -0.2) is 57.1 Å². The van der Waals surface area contributed by atoms with Crippen molar-refractivity contribution < 1.29 is 37.0 Å². The molecule has 0 saturated carbocycles. The number of carbonyl (C=O) groups excluding carboxylic acids is 1. The molecule has 1 heterocycles. The number of amides is 1. The first-order valence-corrected chi connectivity index (χ1v) is 10.1. The number of hydrogen-bond donors (Lipinski definition) is 0. The van der Waals surface area contributed by atoms with Gasteiger partial charge in [0.05, 0.1) is 32.0 Å². The van der Waals surface area contributed by atoms with Crippen LogP contribution in [-0.2, 0) is 27.1 Å². The number of carbonyl (C=O) groups is 1. The van der Waals surface area contributed by atoms with E-state index in [2.05, 4.69) is 5.16 Å². The van der Waals surface area contributed by atoms with Gasteiger partial charge in [-0.3, -0.25) is 4.79 Å². The van der Waals surface area contributed by atoms with Crippen LogP contribution in [0.1, 0.15) is 23.1 Å². The highest BCUT2D eigenvalue weighted by molar-refractivity contribution is 6.01. The molecule has 1 atom stereocenters. The van der Waals surface area contributed by atoms with Gasteiger partial charge < -0.3 is 23.9 Å². The van der Waals surface area contributed by atoms with Crippen molar-refractivity contribution in [2.75, 3.05) is 34.5 Å². The van der Waals surface area contributed by atoms with E-state index in [0.717, 1.165) is 17.7 Å². The third-order valence-electron chi connectivity index (χ3n) is 5.12. The fourth-order valence-electron chi connectivity index (χ4n) is 3.49. The Morgan fingerprint density at radius 3 is 2.55 bits per heavy atom. The third kappa shape index (κ3) is 6.16. The average Bonchev–Trinajstić information content (AvgIpc) is 3.26. The molecule has 0 aromatic heterocycles. The molecule has 0 spiro atoms.